The lowest BCUT2D eigenvalue weighted by Gasteiger charge is -2.17. The van der Waals surface area contributed by atoms with Gasteiger partial charge in [-0.3, -0.25) is 9.59 Å². The van der Waals surface area contributed by atoms with E-state index in [1.807, 2.05) is 13.0 Å². The van der Waals surface area contributed by atoms with Gasteiger partial charge in [-0.15, -0.1) is 0 Å². The first-order valence-corrected chi connectivity index (χ1v) is 6.53. The number of allylic oxidation sites excluding steroid dienone is 1. The van der Waals surface area contributed by atoms with Crippen molar-refractivity contribution in [1.82, 2.24) is 5.32 Å². The van der Waals surface area contributed by atoms with Crippen LogP contribution in [0.2, 0.25) is 0 Å². The lowest BCUT2D eigenvalue weighted by molar-refractivity contribution is -0.138. The highest BCUT2D eigenvalue weighted by Gasteiger charge is 2.16. The van der Waals surface area contributed by atoms with E-state index in [2.05, 4.69) is 19.2 Å². The lowest BCUT2D eigenvalue weighted by atomic mass is 9.94. The number of hydrogen-bond donors (Lipinski definition) is 2. The number of rotatable bonds is 8. The van der Waals surface area contributed by atoms with E-state index in [0.29, 0.717) is 18.0 Å². The summed E-state index contributed by atoms with van der Waals surface area (Å²) >= 11 is 0. The number of nitrogens with one attached hydrogen (secondary N) is 1. The number of carboxylic acid groups (broad SMARTS) is 1. The van der Waals surface area contributed by atoms with Crippen molar-refractivity contribution in [3.63, 3.8) is 0 Å². The zero-order valence-electron chi connectivity index (χ0n) is 11.8. The normalized spacial score (nSPS) is 13.5. The molecule has 1 atom stereocenters. The molecular formula is C14H25NO3. The van der Waals surface area contributed by atoms with Crippen LogP contribution in [0.4, 0.5) is 0 Å². The molecule has 1 unspecified atom stereocenters. The van der Waals surface area contributed by atoms with Crippen LogP contribution >= 0.6 is 0 Å². The average molecular weight is 255 g/mol. The third-order valence-electron chi connectivity index (χ3n) is 2.69. The maximum absolute atomic E-state index is 11.7. The highest BCUT2D eigenvalue weighted by Crippen LogP contribution is 2.14. The van der Waals surface area contributed by atoms with Crippen molar-refractivity contribution < 1.29 is 14.7 Å². The number of carbonyl (C=O) groups excluding carboxylic acids is 1. The largest absolute Gasteiger partial charge is 0.481 e. The summed E-state index contributed by atoms with van der Waals surface area (Å²) in [5.41, 5.74) is 0.691. The molecule has 4 heteroatoms. The molecule has 0 bridgehead atoms. The van der Waals surface area contributed by atoms with E-state index in [-0.39, 0.29) is 18.2 Å². The molecule has 4 nitrogen and oxygen atoms in total. The Hall–Kier alpha value is -1.32. The Labute approximate surface area is 109 Å². The van der Waals surface area contributed by atoms with Gasteiger partial charge in [-0.25, -0.2) is 0 Å². The molecule has 0 aliphatic rings. The molecule has 2 N–H and O–H groups in total. The van der Waals surface area contributed by atoms with Gasteiger partial charge < -0.3 is 10.4 Å². The Morgan fingerprint density at radius 3 is 2.39 bits per heavy atom. The van der Waals surface area contributed by atoms with Gasteiger partial charge in [0.05, 0.1) is 0 Å². The second-order valence-electron chi connectivity index (χ2n) is 5.10. The summed E-state index contributed by atoms with van der Waals surface area (Å²) in [7, 11) is 0. The van der Waals surface area contributed by atoms with Gasteiger partial charge in [0.15, 0.2) is 0 Å². The highest BCUT2D eigenvalue weighted by atomic mass is 16.4. The highest BCUT2D eigenvalue weighted by molar-refractivity contribution is 5.92. The Balaban J connectivity index is 4.29. The van der Waals surface area contributed by atoms with Gasteiger partial charge in [-0.1, -0.05) is 26.8 Å². The maximum Gasteiger partial charge on any atom is 0.303 e. The first-order chi connectivity index (χ1) is 8.36. The van der Waals surface area contributed by atoms with Gasteiger partial charge >= 0.3 is 5.97 Å². The van der Waals surface area contributed by atoms with Crippen molar-refractivity contribution in [2.24, 2.45) is 11.8 Å². The number of aliphatic carboxylic acids is 1. The minimum Gasteiger partial charge on any atom is -0.481 e. The molecule has 0 aromatic heterocycles. The van der Waals surface area contributed by atoms with Gasteiger partial charge in [0.25, 0.3) is 0 Å². The molecule has 0 heterocycles. The molecule has 0 aliphatic carbocycles. The summed E-state index contributed by atoms with van der Waals surface area (Å²) in [5.74, 6) is -0.480. The molecule has 0 spiro atoms. The molecule has 0 aliphatic heterocycles. The summed E-state index contributed by atoms with van der Waals surface area (Å²) in [6.07, 6.45) is 3.60. The molecule has 0 rings (SSSR count). The summed E-state index contributed by atoms with van der Waals surface area (Å²) < 4.78 is 0. The van der Waals surface area contributed by atoms with Crippen LogP contribution in [0.1, 0.15) is 47.0 Å². The average Bonchev–Trinajstić information content (AvgIpc) is 2.24. The summed E-state index contributed by atoms with van der Waals surface area (Å²) in [4.78, 5) is 22.4. The quantitative estimate of drug-likeness (QED) is 0.655. The van der Waals surface area contributed by atoms with Gasteiger partial charge in [-0.2, -0.15) is 0 Å². The standard InChI is InChI=1S/C14H25NO3/c1-5-6-11(4)14(18)15-9-12(7-10(2)3)8-13(16)17/h6,10,12H,5,7-9H2,1-4H3,(H,15,18)(H,16,17). The third kappa shape index (κ3) is 7.87. The van der Waals surface area contributed by atoms with Gasteiger partial charge in [0, 0.05) is 18.5 Å². The van der Waals surface area contributed by atoms with E-state index in [1.165, 1.54) is 0 Å². The van der Waals surface area contributed by atoms with Crippen molar-refractivity contribution >= 4 is 11.9 Å². The number of hydrogen-bond acceptors (Lipinski definition) is 2. The fourth-order valence-corrected chi connectivity index (χ4v) is 1.93. The van der Waals surface area contributed by atoms with E-state index in [1.54, 1.807) is 6.92 Å². The van der Waals surface area contributed by atoms with Crippen molar-refractivity contribution in [3.05, 3.63) is 11.6 Å². The molecule has 18 heavy (non-hydrogen) atoms. The maximum atomic E-state index is 11.7. The first kappa shape index (κ1) is 16.7. The SMILES string of the molecule is CCC=C(C)C(=O)NCC(CC(=O)O)CC(C)C. The van der Waals surface area contributed by atoms with Gasteiger partial charge in [0.1, 0.15) is 0 Å². The topological polar surface area (TPSA) is 66.4 Å². The summed E-state index contributed by atoms with van der Waals surface area (Å²) in [6.45, 7) is 8.28. The van der Waals surface area contributed by atoms with Gasteiger partial charge in [-0.05, 0) is 31.6 Å². The van der Waals surface area contributed by atoms with Crippen LogP contribution in [0, 0.1) is 11.8 Å². The van der Waals surface area contributed by atoms with E-state index >= 15 is 0 Å². The second kappa shape index (κ2) is 8.72. The Kier molecular flexibility index (Phi) is 8.08. The van der Waals surface area contributed by atoms with Crippen molar-refractivity contribution in [3.8, 4) is 0 Å². The third-order valence-corrected chi connectivity index (χ3v) is 2.69. The van der Waals surface area contributed by atoms with Gasteiger partial charge in [0.2, 0.25) is 5.91 Å². The molecule has 0 saturated carbocycles. The summed E-state index contributed by atoms with van der Waals surface area (Å²) in [6, 6.07) is 0. The fourth-order valence-electron chi connectivity index (χ4n) is 1.93. The minimum absolute atomic E-state index is 0.000812. The number of amides is 1. The van der Waals surface area contributed by atoms with Crippen LogP contribution in [0.3, 0.4) is 0 Å². The number of carboxylic acids is 1. The first-order valence-electron chi connectivity index (χ1n) is 6.53. The molecule has 0 aromatic carbocycles. The van der Waals surface area contributed by atoms with Crippen molar-refractivity contribution in [1.29, 1.82) is 0 Å². The molecule has 0 fully saturated rings. The van der Waals surface area contributed by atoms with Crippen LogP contribution in [-0.4, -0.2) is 23.5 Å². The second-order valence-corrected chi connectivity index (χ2v) is 5.10. The molecule has 0 radical (unpaired) electrons. The van der Waals surface area contributed by atoms with Crippen LogP contribution < -0.4 is 5.32 Å². The summed E-state index contributed by atoms with van der Waals surface area (Å²) in [5, 5.41) is 11.6. The zero-order valence-corrected chi connectivity index (χ0v) is 11.8. The Morgan fingerprint density at radius 1 is 1.33 bits per heavy atom. The van der Waals surface area contributed by atoms with E-state index < -0.39 is 5.97 Å². The Bertz CT molecular complexity index is 308. The van der Waals surface area contributed by atoms with Crippen molar-refractivity contribution in [2.75, 3.05) is 6.54 Å². The predicted molar refractivity (Wildman–Crippen MR) is 72.3 cm³/mol. The van der Waals surface area contributed by atoms with Crippen LogP contribution in [-0.2, 0) is 9.59 Å². The van der Waals surface area contributed by atoms with E-state index in [4.69, 9.17) is 5.11 Å². The monoisotopic (exact) mass is 255 g/mol. The lowest BCUT2D eigenvalue weighted by Crippen LogP contribution is -2.31. The van der Waals surface area contributed by atoms with Crippen LogP contribution in [0.25, 0.3) is 0 Å². The Morgan fingerprint density at radius 2 is 1.94 bits per heavy atom. The van der Waals surface area contributed by atoms with E-state index in [0.717, 1.165) is 12.8 Å². The smallest absolute Gasteiger partial charge is 0.303 e. The van der Waals surface area contributed by atoms with E-state index in [9.17, 15) is 9.59 Å². The minimum atomic E-state index is -0.810. The molecule has 0 saturated heterocycles. The zero-order chi connectivity index (χ0) is 14.1. The molecule has 1 amide bonds. The molecular weight excluding hydrogens is 230 g/mol. The molecule has 104 valence electrons. The fraction of sp³-hybridized carbons (Fsp3) is 0.714. The van der Waals surface area contributed by atoms with Crippen LogP contribution in [0.15, 0.2) is 11.6 Å². The predicted octanol–water partition coefficient (Wildman–Crippen LogP) is 2.60. The molecule has 0 aromatic rings. The van der Waals surface area contributed by atoms with Crippen LogP contribution in [0.5, 0.6) is 0 Å². The van der Waals surface area contributed by atoms with Crippen molar-refractivity contribution in [2.45, 2.75) is 47.0 Å². The number of carbonyl (C=O) groups is 2.